The number of hydrogen-bond donors (Lipinski definition) is 0. The number of unbranched alkanes of at least 4 members (excludes halogenated alkanes) is 2. The van der Waals surface area contributed by atoms with Gasteiger partial charge in [0.1, 0.15) is 0 Å². The van der Waals surface area contributed by atoms with Crippen LogP contribution >= 0.6 is 0 Å². The summed E-state index contributed by atoms with van der Waals surface area (Å²) in [6.45, 7) is 6.91. The maximum absolute atomic E-state index is 2.60. The molecule has 0 saturated heterocycles. The summed E-state index contributed by atoms with van der Waals surface area (Å²) in [6.07, 6.45) is 4.91. The minimum absolute atomic E-state index is 0.0656. The lowest BCUT2D eigenvalue weighted by Gasteiger charge is -2.35. The van der Waals surface area contributed by atoms with Gasteiger partial charge in [0, 0.05) is 21.8 Å². The Morgan fingerprint density at radius 2 is 1.41 bits per heavy atom. The Morgan fingerprint density at radius 3 is 2.00 bits per heavy atom. The van der Waals surface area contributed by atoms with Crippen LogP contribution in [-0.4, -0.2) is 4.57 Å². The summed E-state index contributed by atoms with van der Waals surface area (Å²) >= 11 is 0. The third kappa shape index (κ3) is 3.06. The van der Waals surface area contributed by atoms with Crippen LogP contribution in [0.25, 0.3) is 21.8 Å². The van der Waals surface area contributed by atoms with Crippen molar-refractivity contribution >= 4 is 21.8 Å². The summed E-state index contributed by atoms with van der Waals surface area (Å²) in [6, 6.07) is 26.8. The zero-order valence-corrected chi connectivity index (χ0v) is 16.7. The number of fused-ring (bicyclic) bond motifs is 3. The number of aryl methyl sites for hydroxylation is 1. The fourth-order valence-corrected chi connectivity index (χ4v) is 4.54. The minimum atomic E-state index is -0.0656. The molecule has 0 radical (unpaired) electrons. The van der Waals surface area contributed by atoms with Crippen molar-refractivity contribution in [3.05, 3.63) is 83.9 Å². The summed E-state index contributed by atoms with van der Waals surface area (Å²) in [7, 11) is 0. The van der Waals surface area contributed by atoms with Gasteiger partial charge in [-0.05, 0) is 38.0 Å². The molecular weight excluding hydrogens is 326 g/mol. The van der Waals surface area contributed by atoms with Crippen molar-refractivity contribution < 1.29 is 0 Å². The summed E-state index contributed by atoms with van der Waals surface area (Å²) in [5, 5.41) is 2.70. The van der Waals surface area contributed by atoms with E-state index in [2.05, 4.69) is 98.1 Å². The maximum atomic E-state index is 2.60. The van der Waals surface area contributed by atoms with Crippen LogP contribution in [0.3, 0.4) is 0 Å². The largest absolute Gasteiger partial charge is 0.330 e. The fraction of sp³-hybridized carbons (Fsp3) is 0.308. The van der Waals surface area contributed by atoms with E-state index in [0.29, 0.717) is 0 Å². The highest BCUT2D eigenvalue weighted by Gasteiger charge is 2.31. The summed E-state index contributed by atoms with van der Waals surface area (Å²) in [5.41, 5.74) is 5.34. The molecule has 4 aromatic rings. The lowest BCUT2D eigenvalue weighted by molar-refractivity contribution is 0.367. The minimum Gasteiger partial charge on any atom is -0.330 e. The number of benzene rings is 3. The van der Waals surface area contributed by atoms with E-state index in [4.69, 9.17) is 0 Å². The van der Waals surface area contributed by atoms with Crippen molar-refractivity contribution in [1.82, 2.24) is 4.57 Å². The van der Waals surface area contributed by atoms with Crippen LogP contribution in [0.1, 0.15) is 50.7 Å². The first-order valence-electron chi connectivity index (χ1n) is 10.2. The van der Waals surface area contributed by atoms with E-state index in [0.717, 1.165) is 6.42 Å². The molecule has 0 aliphatic carbocycles. The Hall–Kier alpha value is -2.54. The van der Waals surface area contributed by atoms with Crippen LogP contribution in [0.2, 0.25) is 0 Å². The topological polar surface area (TPSA) is 4.93 Å². The molecule has 27 heavy (non-hydrogen) atoms. The van der Waals surface area contributed by atoms with Gasteiger partial charge in [-0.2, -0.15) is 0 Å². The molecule has 4 rings (SSSR count). The third-order valence-corrected chi connectivity index (χ3v) is 5.98. The molecule has 0 saturated carbocycles. The average Bonchev–Trinajstić information content (AvgIpc) is 3.03. The first-order chi connectivity index (χ1) is 13.1. The van der Waals surface area contributed by atoms with Gasteiger partial charge < -0.3 is 4.57 Å². The van der Waals surface area contributed by atoms with E-state index in [9.17, 15) is 0 Å². The number of aromatic nitrogens is 1. The first-order valence-corrected chi connectivity index (χ1v) is 10.2. The Morgan fingerprint density at radius 1 is 0.778 bits per heavy atom. The zero-order chi connectivity index (χ0) is 18.9. The van der Waals surface area contributed by atoms with Gasteiger partial charge in [-0.15, -0.1) is 0 Å². The van der Waals surface area contributed by atoms with Crippen molar-refractivity contribution in [3.63, 3.8) is 0 Å². The Labute approximate surface area is 162 Å². The second-order valence-electron chi connectivity index (χ2n) is 7.97. The van der Waals surface area contributed by atoms with Crippen LogP contribution in [-0.2, 0) is 5.54 Å². The lowest BCUT2D eigenvalue weighted by atomic mass is 9.85. The molecule has 1 aromatic heterocycles. The van der Waals surface area contributed by atoms with Crippen molar-refractivity contribution in [3.8, 4) is 0 Å². The van der Waals surface area contributed by atoms with Gasteiger partial charge in [0.2, 0.25) is 0 Å². The van der Waals surface area contributed by atoms with Gasteiger partial charge in [-0.1, -0.05) is 92.4 Å². The lowest BCUT2D eigenvalue weighted by Crippen LogP contribution is -2.31. The molecule has 3 aromatic carbocycles. The highest BCUT2D eigenvalue weighted by Crippen LogP contribution is 2.40. The third-order valence-electron chi connectivity index (χ3n) is 5.98. The van der Waals surface area contributed by atoms with Gasteiger partial charge in [0.05, 0.1) is 5.54 Å². The van der Waals surface area contributed by atoms with Gasteiger partial charge in [-0.25, -0.2) is 0 Å². The predicted octanol–water partition coefficient (Wildman–Crippen LogP) is 7.45. The van der Waals surface area contributed by atoms with E-state index >= 15 is 0 Å². The average molecular weight is 356 g/mol. The van der Waals surface area contributed by atoms with Gasteiger partial charge in [0.25, 0.3) is 0 Å². The quantitative estimate of drug-likeness (QED) is 0.317. The van der Waals surface area contributed by atoms with Crippen LogP contribution < -0.4 is 0 Å². The van der Waals surface area contributed by atoms with E-state index in [1.807, 2.05) is 0 Å². The van der Waals surface area contributed by atoms with E-state index in [-0.39, 0.29) is 5.54 Å². The van der Waals surface area contributed by atoms with Gasteiger partial charge in [-0.3, -0.25) is 0 Å². The first kappa shape index (κ1) is 17.9. The number of rotatable bonds is 6. The molecule has 0 spiro atoms. The van der Waals surface area contributed by atoms with E-state index in [1.54, 1.807) is 0 Å². The summed E-state index contributed by atoms with van der Waals surface area (Å²) < 4.78 is 2.60. The molecule has 0 aliphatic rings. The van der Waals surface area contributed by atoms with Gasteiger partial charge in [0.15, 0.2) is 0 Å². The molecule has 0 bridgehead atoms. The molecule has 138 valence electrons. The second-order valence-corrected chi connectivity index (χ2v) is 7.97. The standard InChI is InChI=1S/C26H29N/c1-4-5-10-18-26(3,21-13-11-12-20(2)19-21)27-24-16-8-6-14-22(24)23-15-7-9-17-25(23)27/h6-9,11-17,19H,4-5,10,18H2,1-3H3. The molecule has 1 atom stereocenters. The molecule has 0 aliphatic heterocycles. The zero-order valence-electron chi connectivity index (χ0n) is 16.7. The second kappa shape index (κ2) is 7.23. The molecule has 0 N–H and O–H groups in total. The number of hydrogen-bond acceptors (Lipinski definition) is 0. The fourth-order valence-electron chi connectivity index (χ4n) is 4.54. The van der Waals surface area contributed by atoms with Crippen molar-refractivity contribution in [2.75, 3.05) is 0 Å². The molecule has 1 heterocycles. The molecule has 1 unspecified atom stereocenters. The maximum Gasteiger partial charge on any atom is 0.0675 e. The SMILES string of the molecule is CCCCCC(C)(c1cccc(C)c1)n1c2ccccc2c2ccccc21. The van der Waals surface area contributed by atoms with Crippen LogP contribution in [0.15, 0.2) is 72.8 Å². The van der Waals surface area contributed by atoms with Crippen LogP contribution in [0, 0.1) is 6.92 Å². The molecule has 0 fully saturated rings. The molecular formula is C26H29N. The van der Waals surface area contributed by atoms with Crippen molar-refractivity contribution in [2.24, 2.45) is 0 Å². The highest BCUT2D eigenvalue weighted by molar-refractivity contribution is 6.08. The summed E-state index contributed by atoms with van der Waals surface area (Å²) in [5.74, 6) is 0. The molecule has 1 nitrogen and oxygen atoms in total. The van der Waals surface area contributed by atoms with E-state index < -0.39 is 0 Å². The van der Waals surface area contributed by atoms with Crippen LogP contribution in [0.5, 0.6) is 0 Å². The van der Waals surface area contributed by atoms with Crippen LogP contribution in [0.4, 0.5) is 0 Å². The monoisotopic (exact) mass is 355 g/mol. The summed E-state index contributed by atoms with van der Waals surface area (Å²) in [4.78, 5) is 0. The van der Waals surface area contributed by atoms with Crippen molar-refractivity contribution in [2.45, 2.75) is 52.0 Å². The van der Waals surface area contributed by atoms with E-state index in [1.165, 1.54) is 52.2 Å². The Balaban J connectivity index is 2.02. The molecule has 0 amide bonds. The number of nitrogens with zero attached hydrogens (tertiary/aromatic N) is 1. The Bertz CT molecular complexity index is 1020. The number of para-hydroxylation sites is 2. The smallest absolute Gasteiger partial charge is 0.0675 e. The highest BCUT2D eigenvalue weighted by atomic mass is 15.1. The predicted molar refractivity (Wildman–Crippen MR) is 118 cm³/mol. The Kier molecular flexibility index (Phi) is 4.78. The molecule has 1 heteroatoms. The van der Waals surface area contributed by atoms with Gasteiger partial charge >= 0.3 is 0 Å². The normalized spacial score (nSPS) is 13.9. The van der Waals surface area contributed by atoms with Crippen molar-refractivity contribution in [1.29, 1.82) is 0 Å².